The van der Waals surface area contributed by atoms with Crippen molar-refractivity contribution in [2.24, 2.45) is 0 Å². The normalized spacial score (nSPS) is 10.6. The average Bonchev–Trinajstić information content (AvgIpc) is 2.41. The Morgan fingerprint density at radius 2 is 1.79 bits per heavy atom. The van der Waals surface area contributed by atoms with Crippen molar-refractivity contribution in [3.63, 3.8) is 0 Å². The first-order valence-corrected chi connectivity index (χ1v) is 6.72. The molecule has 4 heteroatoms. The molecule has 0 aliphatic carbocycles. The van der Waals surface area contributed by atoms with E-state index in [1.165, 1.54) is 18.2 Å². The molecule has 2 aromatic rings. The molecule has 0 saturated heterocycles. The molecule has 0 radical (unpaired) electrons. The Hall–Kier alpha value is -1.69. The van der Waals surface area contributed by atoms with Crippen LogP contribution in [0.15, 0.2) is 54.6 Å². The van der Waals surface area contributed by atoms with Crippen molar-refractivity contribution in [3.05, 3.63) is 69.6 Å². The van der Waals surface area contributed by atoms with Gasteiger partial charge in [-0.25, -0.2) is 4.39 Å². The smallest absolute Gasteiger partial charge is 0.248 e. The number of nitrogens with one attached hydrogen (secondary N) is 1. The van der Waals surface area contributed by atoms with Gasteiger partial charge in [0, 0.05) is 9.65 Å². The predicted molar refractivity (Wildman–Crippen MR) is 83.2 cm³/mol. The van der Waals surface area contributed by atoms with Crippen molar-refractivity contribution < 1.29 is 9.18 Å². The summed E-state index contributed by atoms with van der Waals surface area (Å²) in [5.41, 5.74) is 1.55. The van der Waals surface area contributed by atoms with Gasteiger partial charge >= 0.3 is 0 Å². The molecule has 96 valence electrons. The highest BCUT2D eigenvalue weighted by molar-refractivity contribution is 14.1. The van der Waals surface area contributed by atoms with Gasteiger partial charge in [0.2, 0.25) is 5.91 Å². The van der Waals surface area contributed by atoms with Crippen LogP contribution >= 0.6 is 22.6 Å². The van der Waals surface area contributed by atoms with Crippen LogP contribution in [0.25, 0.3) is 6.08 Å². The van der Waals surface area contributed by atoms with Crippen LogP contribution < -0.4 is 5.32 Å². The van der Waals surface area contributed by atoms with Crippen molar-refractivity contribution in [2.75, 3.05) is 5.32 Å². The van der Waals surface area contributed by atoms with E-state index in [2.05, 4.69) is 27.9 Å². The van der Waals surface area contributed by atoms with E-state index < -0.39 is 0 Å². The summed E-state index contributed by atoms with van der Waals surface area (Å²) < 4.78 is 13.7. The predicted octanol–water partition coefficient (Wildman–Crippen LogP) is 4.08. The molecule has 0 fully saturated rings. The summed E-state index contributed by atoms with van der Waals surface area (Å²) in [4.78, 5) is 11.7. The summed E-state index contributed by atoms with van der Waals surface area (Å²) in [7, 11) is 0. The van der Waals surface area contributed by atoms with Gasteiger partial charge in [-0.15, -0.1) is 0 Å². The number of carbonyl (C=O) groups is 1. The minimum absolute atomic E-state index is 0.214. The van der Waals surface area contributed by atoms with Crippen LogP contribution in [0.1, 0.15) is 5.56 Å². The fraction of sp³-hybridized carbons (Fsp3) is 0. The van der Waals surface area contributed by atoms with E-state index in [4.69, 9.17) is 0 Å². The minimum atomic E-state index is -0.291. The second kappa shape index (κ2) is 6.47. The lowest BCUT2D eigenvalue weighted by Gasteiger charge is -2.04. The maximum atomic E-state index is 12.7. The Bertz CT molecular complexity index is 608. The van der Waals surface area contributed by atoms with Gasteiger partial charge in [-0.1, -0.05) is 24.3 Å². The Morgan fingerprint density at radius 3 is 2.47 bits per heavy atom. The number of halogens is 2. The number of hydrogen-bond acceptors (Lipinski definition) is 1. The third kappa shape index (κ3) is 4.17. The largest absolute Gasteiger partial charge is 0.322 e. The number of anilines is 1. The van der Waals surface area contributed by atoms with Gasteiger partial charge in [0.1, 0.15) is 5.82 Å². The number of rotatable bonds is 3. The quantitative estimate of drug-likeness (QED) is 0.643. The fourth-order valence-electron chi connectivity index (χ4n) is 1.48. The molecule has 0 aromatic heterocycles. The molecule has 0 aliphatic rings. The van der Waals surface area contributed by atoms with Crippen LogP contribution in [0.4, 0.5) is 10.1 Å². The molecular weight excluding hydrogens is 356 g/mol. The van der Waals surface area contributed by atoms with E-state index in [0.29, 0.717) is 0 Å². The van der Waals surface area contributed by atoms with Crippen molar-refractivity contribution >= 4 is 40.3 Å². The van der Waals surface area contributed by atoms with Crippen LogP contribution in [0, 0.1) is 9.39 Å². The van der Waals surface area contributed by atoms with Crippen molar-refractivity contribution in [1.29, 1.82) is 0 Å². The lowest BCUT2D eigenvalue weighted by Crippen LogP contribution is -2.08. The Kier molecular flexibility index (Phi) is 4.68. The van der Waals surface area contributed by atoms with Crippen LogP contribution in [-0.2, 0) is 4.79 Å². The maximum absolute atomic E-state index is 12.7. The SMILES string of the molecule is O=C(/C=C\c1ccc(F)cc1)Nc1ccccc1I. The molecule has 0 saturated carbocycles. The monoisotopic (exact) mass is 367 g/mol. The highest BCUT2D eigenvalue weighted by Crippen LogP contribution is 2.16. The number of carbonyl (C=O) groups excluding carboxylic acids is 1. The van der Waals surface area contributed by atoms with E-state index in [-0.39, 0.29) is 11.7 Å². The molecule has 1 amide bonds. The zero-order valence-corrected chi connectivity index (χ0v) is 12.1. The average molecular weight is 367 g/mol. The van der Waals surface area contributed by atoms with Crippen molar-refractivity contribution in [3.8, 4) is 0 Å². The van der Waals surface area contributed by atoms with Crippen molar-refractivity contribution in [2.45, 2.75) is 0 Å². The van der Waals surface area contributed by atoms with Crippen LogP contribution in [0.2, 0.25) is 0 Å². The van der Waals surface area contributed by atoms with Gasteiger partial charge in [0.25, 0.3) is 0 Å². The molecular formula is C15H11FINO. The zero-order valence-electron chi connectivity index (χ0n) is 9.94. The molecule has 19 heavy (non-hydrogen) atoms. The van der Waals surface area contributed by atoms with E-state index in [0.717, 1.165) is 14.8 Å². The fourth-order valence-corrected chi connectivity index (χ4v) is 2.01. The Balaban J connectivity index is 2.02. The first-order valence-electron chi connectivity index (χ1n) is 5.64. The molecule has 2 nitrogen and oxygen atoms in total. The van der Waals surface area contributed by atoms with Gasteiger partial charge in [-0.3, -0.25) is 4.79 Å². The Morgan fingerprint density at radius 1 is 1.11 bits per heavy atom. The molecule has 0 aliphatic heterocycles. The van der Waals surface area contributed by atoms with Gasteiger partial charge < -0.3 is 5.32 Å². The topological polar surface area (TPSA) is 29.1 Å². The molecule has 0 spiro atoms. The van der Waals surface area contributed by atoms with Crippen molar-refractivity contribution in [1.82, 2.24) is 0 Å². The van der Waals surface area contributed by atoms with Gasteiger partial charge in [0.15, 0.2) is 0 Å². The van der Waals surface area contributed by atoms with Gasteiger partial charge in [-0.2, -0.15) is 0 Å². The number of para-hydroxylation sites is 1. The highest BCUT2D eigenvalue weighted by Gasteiger charge is 2.01. The van der Waals surface area contributed by atoms with Crippen LogP contribution in [0.3, 0.4) is 0 Å². The molecule has 0 bridgehead atoms. The summed E-state index contributed by atoms with van der Waals surface area (Å²) in [6.07, 6.45) is 3.07. The minimum Gasteiger partial charge on any atom is -0.322 e. The molecule has 2 rings (SSSR count). The third-order valence-electron chi connectivity index (χ3n) is 2.43. The summed E-state index contributed by atoms with van der Waals surface area (Å²) in [5, 5.41) is 2.78. The molecule has 0 heterocycles. The van der Waals surface area contributed by atoms with Crippen LogP contribution in [0.5, 0.6) is 0 Å². The van der Waals surface area contributed by atoms with E-state index in [1.807, 2.05) is 24.3 Å². The molecule has 0 unspecified atom stereocenters. The van der Waals surface area contributed by atoms with E-state index >= 15 is 0 Å². The summed E-state index contributed by atoms with van der Waals surface area (Å²) in [5.74, 6) is -0.506. The standard InChI is InChI=1S/C15H11FINO/c16-12-8-5-11(6-9-12)7-10-15(19)18-14-4-2-1-3-13(14)17/h1-10H,(H,18,19)/b10-7-. The molecule has 2 aromatic carbocycles. The Labute approximate surface area is 124 Å². The highest BCUT2D eigenvalue weighted by atomic mass is 127. The van der Waals surface area contributed by atoms with E-state index in [9.17, 15) is 9.18 Å². The molecule has 1 N–H and O–H groups in total. The number of amides is 1. The second-order valence-corrected chi connectivity index (χ2v) is 5.02. The molecule has 0 atom stereocenters. The summed E-state index contributed by atoms with van der Waals surface area (Å²) in [6, 6.07) is 13.5. The lowest BCUT2D eigenvalue weighted by atomic mass is 10.2. The third-order valence-corrected chi connectivity index (χ3v) is 3.37. The van der Waals surface area contributed by atoms with Gasteiger partial charge in [-0.05, 0) is 58.5 Å². The van der Waals surface area contributed by atoms with Crippen LogP contribution in [-0.4, -0.2) is 5.91 Å². The second-order valence-electron chi connectivity index (χ2n) is 3.85. The summed E-state index contributed by atoms with van der Waals surface area (Å²) >= 11 is 2.16. The number of benzene rings is 2. The first kappa shape index (κ1) is 13.7. The van der Waals surface area contributed by atoms with E-state index in [1.54, 1.807) is 18.2 Å². The zero-order chi connectivity index (χ0) is 13.7. The lowest BCUT2D eigenvalue weighted by molar-refractivity contribution is -0.111. The number of hydrogen-bond donors (Lipinski definition) is 1. The summed E-state index contributed by atoms with van der Waals surface area (Å²) in [6.45, 7) is 0. The van der Waals surface area contributed by atoms with Gasteiger partial charge in [0.05, 0.1) is 5.69 Å². The first-order chi connectivity index (χ1) is 9.15. The maximum Gasteiger partial charge on any atom is 0.248 e.